The van der Waals surface area contributed by atoms with Gasteiger partial charge in [0.25, 0.3) is 0 Å². The van der Waals surface area contributed by atoms with Gasteiger partial charge in [-0.1, -0.05) is 30.7 Å². The molecule has 1 aromatic heterocycles. The SMILES string of the molecule is COc1ccc(CN(Cc2ccc(OC)cc2)S(=O)(=O)c2cc(NC(=O)CC3CCCCC3=C=O)cc3nn(C(F)F)cc23)cc1. The van der Waals surface area contributed by atoms with Crippen molar-refractivity contribution in [3.63, 3.8) is 0 Å². The molecule has 5 rings (SSSR count). The number of fused-ring (bicyclic) bond motifs is 1. The normalized spacial score (nSPS) is 15.3. The van der Waals surface area contributed by atoms with E-state index in [1.54, 1.807) is 48.5 Å². The summed E-state index contributed by atoms with van der Waals surface area (Å²) in [6.07, 6.45) is 3.98. The van der Waals surface area contributed by atoms with Gasteiger partial charge >= 0.3 is 6.55 Å². The van der Waals surface area contributed by atoms with E-state index in [0.717, 1.165) is 19.0 Å². The van der Waals surface area contributed by atoms with Gasteiger partial charge in [0.1, 0.15) is 17.4 Å². The molecule has 13 heteroatoms. The quantitative estimate of drug-likeness (QED) is 0.183. The number of rotatable bonds is 12. The number of ether oxygens (including phenoxy) is 2. The second-order valence-electron chi connectivity index (χ2n) is 11.1. The highest BCUT2D eigenvalue weighted by molar-refractivity contribution is 7.89. The molecule has 0 saturated heterocycles. The Kier molecular flexibility index (Phi) is 10.2. The van der Waals surface area contributed by atoms with Crippen molar-refractivity contribution in [2.45, 2.75) is 56.6 Å². The van der Waals surface area contributed by atoms with Crippen LogP contribution in [-0.4, -0.2) is 48.6 Å². The maximum absolute atomic E-state index is 14.5. The minimum atomic E-state index is -4.40. The molecule has 1 atom stereocenters. The molecule has 1 unspecified atom stereocenters. The molecule has 0 radical (unpaired) electrons. The zero-order valence-electron chi connectivity index (χ0n) is 25.4. The van der Waals surface area contributed by atoms with Gasteiger partial charge < -0.3 is 14.8 Å². The van der Waals surface area contributed by atoms with Crippen LogP contribution in [0.15, 0.2) is 77.3 Å². The average molecular weight is 653 g/mol. The number of nitrogens with zero attached hydrogens (tertiary/aromatic N) is 3. The minimum Gasteiger partial charge on any atom is -0.497 e. The molecule has 0 spiro atoms. The Bertz CT molecular complexity index is 1800. The summed E-state index contributed by atoms with van der Waals surface area (Å²) in [6.45, 7) is -3.13. The van der Waals surface area contributed by atoms with Gasteiger partial charge in [-0.15, -0.1) is 0 Å². The highest BCUT2D eigenvalue weighted by Gasteiger charge is 2.30. The lowest BCUT2D eigenvalue weighted by atomic mass is 9.83. The fourth-order valence-electron chi connectivity index (χ4n) is 5.61. The Hall–Kier alpha value is -4.58. The zero-order chi connectivity index (χ0) is 32.8. The molecular formula is C33H34F2N4O6S. The van der Waals surface area contributed by atoms with Crippen LogP contribution in [0.3, 0.4) is 0 Å². The second-order valence-corrected chi connectivity index (χ2v) is 13.0. The number of alkyl halides is 2. The lowest BCUT2D eigenvalue weighted by Crippen LogP contribution is -2.30. The number of benzene rings is 3. The molecule has 4 aromatic rings. The van der Waals surface area contributed by atoms with Crippen LogP contribution in [0.5, 0.6) is 11.5 Å². The van der Waals surface area contributed by atoms with Crippen LogP contribution in [0.1, 0.15) is 49.8 Å². The number of nitrogens with one attached hydrogen (secondary N) is 1. The van der Waals surface area contributed by atoms with Gasteiger partial charge in [-0.2, -0.15) is 18.2 Å². The topological polar surface area (TPSA) is 120 Å². The highest BCUT2D eigenvalue weighted by atomic mass is 32.2. The molecule has 1 aliphatic rings. The second kappa shape index (κ2) is 14.2. The van der Waals surface area contributed by atoms with Crippen LogP contribution >= 0.6 is 0 Å². The monoisotopic (exact) mass is 652 g/mol. The van der Waals surface area contributed by atoms with Crippen LogP contribution in [0.25, 0.3) is 10.9 Å². The fraction of sp³-hybridized carbons (Fsp3) is 0.333. The highest BCUT2D eigenvalue weighted by Crippen LogP contribution is 2.34. The van der Waals surface area contributed by atoms with E-state index in [9.17, 15) is 26.8 Å². The molecule has 0 bridgehead atoms. The lowest BCUT2D eigenvalue weighted by Gasteiger charge is -2.24. The first kappa shape index (κ1) is 32.8. The summed E-state index contributed by atoms with van der Waals surface area (Å²) < 4.78 is 68.6. The smallest absolute Gasteiger partial charge is 0.333 e. The summed E-state index contributed by atoms with van der Waals surface area (Å²) in [6, 6.07) is 16.4. The number of carbonyl (C=O) groups excluding carboxylic acids is 2. The van der Waals surface area contributed by atoms with Crippen LogP contribution in [0.4, 0.5) is 14.5 Å². The van der Waals surface area contributed by atoms with E-state index in [1.165, 1.54) is 30.7 Å². The van der Waals surface area contributed by atoms with Gasteiger partial charge in [-0.25, -0.2) is 17.9 Å². The molecule has 1 aliphatic carbocycles. The molecule has 46 heavy (non-hydrogen) atoms. The number of anilines is 1. The zero-order valence-corrected chi connectivity index (χ0v) is 26.2. The average Bonchev–Trinajstić information content (AvgIpc) is 3.49. The summed E-state index contributed by atoms with van der Waals surface area (Å²) in [7, 11) is -1.35. The van der Waals surface area contributed by atoms with Crippen molar-refractivity contribution >= 4 is 38.5 Å². The molecule has 1 amide bonds. The molecule has 242 valence electrons. The Morgan fingerprint density at radius 3 is 2.17 bits per heavy atom. The number of hydrogen-bond acceptors (Lipinski definition) is 7. The molecule has 1 saturated carbocycles. The van der Waals surface area contributed by atoms with Crippen molar-refractivity contribution in [1.82, 2.24) is 14.1 Å². The van der Waals surface area contributed by atoms with Crippen LogP contribution in [0, 0.1) is 5.92 Å². The first-order valence-electron chi connectivity index (χ1n) is 14.7. The van der Waals surface area contributed by atoms with E-state index < -0.39 is 22.5 Å². The molecule has 1 N–H and O–H groups in total. The predicted octanol–water partition coefficient (Wildman–Crippen LogP) is 6.12. The first-order valence-corrected chi connectivity index (χ1v) is 16.2. The van der Waals surface area contributed by atoms with Crippen molar-refractivity contribution in [1.29, 1.82) is 0 Å². The van der Waals surface area contributed by atoms with E-state index in [4.69, 9.17) is 9.47 Å². The number of carbonyl (C=O) groups is 1. The molecule has 10 nitrogen and oxygen atoms in total. The van der Waals surface area contributed by atoms with Gasteiger partial charge in [-0.3, -0.25) is 4.79 Å². The van der Waals surface area contributed by atoms with Crippen molar-refractivity contribution in [2.75, 3.05) is 19.5 Å². The van der Waals surface area contributed by atoms with Crippen molar-refractivity contribution in [3.8, 4) is 11.5 Å². The number of sulfonamides is 1. The summed E-state index contributed by atoms with van der Waals surface area (Å²) in [5.41, 5.74) is 1.93. The van der Waals surface area contributed by atoms with E-state index in [-0.39, 0.29) is 46.9 Å². The van der Waals surface area contributed by atoms with Gasteiger partial charge in [0, 0.05) is 42.4 Å². The third-order valence-electron chi connectivity index (χ3n) is 8.05. The predicted molar refractivity (Wildman–Crippen MR) is 168 cm³/mol. The van der Waals surface area contributed by atoms with Gasteiger partial charge in [0.2, 0.25) is 15.9 Å². The third-order valence-corrected chi connectivity index (χ3v) is 9.88. The number of hydrogen-bond donors (Lipinski definition) is 1. The van der Waals surface area contributed by atoms with Gasteiger partial charge in [-0.05, 0) is 72.7 Å². The molecule has 1 heterocycles. The minimum absolute atomic E-state index is 0.0111. The number of aromatic nitrogens is 2. The van der Waals surface area contributed by atoms with E-state index >= 15 is 0 Å². The molecule has 0 aliphatic heterocycles. The lowest BCUT2D eigenvalue weighted by molar-refractivity contribution is -0.117. The number of allylic oxidation sites excluding steroid dienone is 1. The maximum Gasteiger partial charge on any atom is 0.333 e. The van der Waals surface area contributed by atoms with Crippen molar-refractivity contribution in [3.05, 3.63) is 83.6 Å². The van der Waals surface area contributed by atoms with Crippen LogP contribution in [-0.2, 0) is 32.7 Å². The van der Waals surface area contributed by atoms with Gasteiger partial charge in [0.05, 0.1) is 24.6 Å². The number of amides is 1. The van der Waals surface area contributed by atoms with Crippen molar-refractivity contribution in [2.24, 2.45) is 5.92 Å². The molecule has 3 aromatic carbocycles. The molecular weight excluding hydrogens is 618 g/mol. The van der Waals surface area contributed by atoms with Crippen LogP contribution < -0.4 is 14.8 Å². The van der Waals surface area contributed by atoms with E-state index in [2.05, 4.69) is 10.4 Å². The number of methoxy groups -OCH3 is 2. The largest absolute Gasteiger partial charge is 0.497 e. The summed E-state index contributed by atoms with van der Waals surface area (Å²) in [5, 5.41) is 6.60. The Morgan fingerprint density at radius 2 is 1.63 bits per heavy atom. The maximum atomic E-state index is 14.5. The number of halogens is 2. The summed E-state index contributed by atoms with van der Waals surface area (Å²) in [5.74, 6) is 2.45. The summed E-state index contributed by atoms with van der Waals surface area (Å²) in [4.78, 5) is 24.2. The Morgan fingerprint density at radius 1 is 1.02 bits per heavy atom. The van der Waals surface area contributed by atoms with E-state index in [0.29, 0.717) is 45.7 Å². The summed E-state index contributed by atoms with van der Waals surface area (Å²) >= 11 is 0. The Labute approximate surface area is 265 Å². The fourth-order valence-corrected chi connectivity index (χ4v) is 7.24. The van der Waals surface area contributed by atoms with E-state index in [1.807, 2.05) is 5.94 Å². The standard InChI is InChI=1S/C33H34F2N4O6S/c1-44-27-11-7-22(8-12-27)18-38(19-23-9-13-28(45-2)14-10-23)46(42,43)31-17-26(16-30-29(31)20-39(37-30)33(34)35)36-32(41)15-24-5-3-4-6-25(24)21-40/h7-14,16-17,20,24,33H,3-6,15,18-19H2,1-2H3,(H,36,41). The van der Waals surface area contributed by atoms with Gasteiger partial charge in [0.15, 0.2) is 0 Å². The Balaban J connectivity index is 1.54. The van der Waals surface area contributed by atoms with Crippen LogP contribution in [0.2, 0.25) is 0 Å². The van der Waals surface area contributed by atoms with Crippen molar-refractivity contribution < 1.29 is 36.3 Å². The molecule has 1 fully saturated rings. The first-order chi connectivity index (χ1) is 22.1. The third kappa shape index (κ3) is 7.44.